The largest absolute Gasteiger partial charge is 0.450 e. The second-order valence-electron chi connectivity index (χ2n) is 4.07. The fourth-order valence-electron chi connectivity index (χ4n) is 1.76. The van der Waals surface area contributed by atoms with E-state index < -0.39 is 4.92 Å². The Morgan fingerprint density at radius 1 is 1.35 bits per heavy atom. The van der Waals surface area contributed by atoms with Crippen molar-refractivity contribution in [3.8, 4) is 17.6 Å². The van der Waals surface area contributed by atoms with Crippen molar-refractivity contribution in [1.82, 2.24) is 0 Å². The van der Waals surface area contributed by atoms with E-state index in [0.29, 0.717) is 21.3 Å². The molecule has 0 aliphatic carbocycles. The molecule has 0 spiro atoms. The summed E-state index contributed by atoms with van der Waals surface area (Å²) in [6.45, 7) is 1.65. The monoisotopic (exact) mass is 332 g/mol. The molecule has 0 saturated carbocycles. The number of para-hydroxylation sites is 1. The van der Waals surface area contributed by atoms with Gasteiger partial charge in [-0.1, -0.05) is 28.1 Å². The quantitative estimate of drug-likeness (QED) is 0.619. The first-order chi connectivity index (χ1) is 9.51. The number of nitrogens with zero attached hydrogens (tertiary/aromatic N) is 2. The van der Waals surface area contributed by atoms with Gasteiger partial charge in [0, 0.05) is 10.0 Å². The maximum Gasteiger partial charge on any atom is 0.314 e. The number of rotatable bonds is 3. The maximum atomic E-state index is 11.1. The third kappa shape index (κ3) is 2.95. The Morgan fingerprint density at radius 3 is 2.75 bits per heavy atom. The lowest BCUT2D eigenvalue weighted by atomic mass is 10.2. The van der Waals surface area contributed by atoms with Crippen LogP contribution in [0.3, 0.4) is 0 Å². The zero-order valence-corrected chi connectivity index (χ0v) is 12.0. The summed E-state index contributed by atoms with van der Waals surface area (Å²) in [5.74, 6) is 0.515. The summed E-state index contributed by atoms with van der Waals surface area (Å²) >= 11 is 3.26. The molecule has 5 nitrogen and oxygen atoms in total. The van der Waals surface area contributed by atoms with Gasteiger partial charge in [0.05, 0.1) is 16.6 Å². The van der Waals surface area contributed by atoms with Gasteiger partial charge in [0.1, 0.15) is 5.75 Å². The van der Waals surface area contributed by atoms with Crippen LogP contribution in [0.25, 0.3) is 0 Å². The average molecular weight is 333 g/mol. The van der Waals surface area contributed by atoms with Gasteiger partial charge in [-0.3, -0.25) is 10.1 Å². The van der Waals surface area contributed by atoms with E-state index in [0.717, 1.165) is 0 Å². The zero-order valence-electron chi connectivity index (χ0n) is 10.5. The molecule has 0 N–H and O–H groups in total. The van der Waals surface area contributed by atoms with Crippen molar-refractivity contribution in [2.45, 2.75) is 6.92 Å². The van der Waals surface area contributed by atoms with Crippen LogP contribution in [0.15, 0.2) is 40.9 Å². The predicted octanol–water partition coefficient (Wildman–Crippen LogP) is 4.33. The molecule has 0 amide bonds. The lowest BCUT2D eigenvalue weighted by Gasteiger charge is -2.08. The van der Waals surface area contributed by atoms with Gasteiger partial charge in [-0.25, -0.2) is 0 Å². The van der Waals surface area contributed by atoms with E-state index >= 15 is 0 Å². The van der Waals surface area contributed by atoms with Crippen molar-refractivity contribution in [3.63, 3.8) is 0 Å². The molecular weight excluding hydrogens is 324 g/mol. The van der Waals surface area contributed by atoms with E-state index in [9.17, 15) is 10.1 Å². The molecule has 0 aromatic heterocycles. The number of nitro benzene ring substituents is 1. The first-order valence-electron chi connectivity index (χ1n) is 5.64. The Morgan fingerprint density at radius 2 is 2.10 bits per heavy atom. The average Bonchev–Trinajstić information content (AvgIpc) is 2.37. The van der Waals surface area contributed by atoms with Crippen LogP contribution in [0.1, 0.15) is 11.1 Å². The molecule has 2 rings (SSSR count). The van der Waals surface area contributed by atoms with E-state index in [1.807, 2.05) is 6.07 Å². The van der Waals surface area contributed by atoms with Crippen LogP contribution in [-0.2, 0) is 0 Å². The molecule has 0 heterocycles. The van der Waals surface area contributed by atoms with E-state index in [-0.39, 0.29) is 11.4 Å². The van der Waals surface area contributed by atoms with E-state index in [1.54, 1.807) is 31.2 Å². The smallest absolute Gasteiger partial charge is 0.314 e. The summed E-state index contributed by atoms with van der Waals surface area (Å²) in [7, 11) is 0. The lowest BCUT2D eigenvalue weighted by Crippen LogP contribution is -1.96. The summed E-state index contributed by atoms with van der Waals surface area (Å²) in [6, 6.07) is 11.7. The highest BCUT2D eigenvalue weighted by atomic mass is 79.9. The molecule has 20 heavy (non-hydrogen) atoms. The number of ether oxygens (including phenoxy) is 1. The predicted molar refractivity (Wildman–Crippen MR) is 76.8 cm³/mol. The molecule has 0 unspecified atom stereocenters. The van der Waals surface area contributed by atoms with E-state index in [2.05, 4.69) is 15.9 Å². The summed E-state index contributed by atoms with van der Waals surface area (Å²) < 4.78 is 6.22. The minimum Gasteiger partial charge on any atom is -0.450 e. The third-order valence-electron chi connectivity index (χ3n) is 2.61. The molecule has 2 aromatic carbocycles. The number of nitriles is 1. The maximum absolute atomic E-state index is 11.1. The van der Waals surface area contributed by atoms with Crippen molar-refractivity contribution in [2.75, 3.05) is 0 Å². The van der Waals surface area contributed by atoms with Gasteiger partial charge in [0.15, 0.2) is 0 Å². The number of aryl methyl sites for hydroxylation is 1. The topological polar surface area (TPSA) is 76.2 Å². The molecule has 0 fully saturated rings. The second kappa shape index (κ2) is 5.72. The van der Waals surface area contributed by atoms with E-state index in [4.69, 9.17) is 10.00 Å². The summed E-state index contributed by atoms with van der Waals surface area (Å²) in [4.78, 5) is 10.6. The Labute approximate surface area is 123 Å². The molecule has 0 atom stereocenters. The SMILES string of the molecule is Cc1cccc(Oc2cc(Br)cc(C#N)c2)c1[N+](=O)[O-]. The first-order valence-corrected chi connectivity index (χ1v) is 6.43. The molecular formula is C14H9BrN2O3. The molecule has 0 aliphatic rings. The first kappa shape index (κ1) is 14.0. The van der Waals surface area contributed by atoms with Crippen LogP contribution in [0, 0.1) is 28.4 Å². The van der Waals surface area contributed by atoms with Crippen molar-refractivity contribution in [1.29, 1.82) is 5.26 Å². The number of hydrogen-bond acceptors (Lipinski definition) is 4. The Balaban J connectivity index is 2.46. The van der Waals surface area contributed by atoms with Gasteiger partial charge in [0.25, 0.3) is 0 Å². The van der Waals surface area contributed by atoms with Crippen LogP contribution in [0.4, 0.5) is 5.69 Å². The number of nitro groups is 1. The minimum atomic E-state index is -0.478. The van der Waals surface area contributed by atoms with Gasteiger partial charge in [0.2, 0.25) is 5.75 Å². The number of hydrogen-bond donors (Lipinski definition) is 0. The Hall–Kier alpha value is -2.39. The molecule has 100 valence electrons. The molecule has 6 heteroatoms. The number of halogens is 1. The van der Waals surface area contributed by atoms with Gasteiger partial charge < -0.3 is 4.74 Å². The molecule has 0 saturated heterocycles. The third-order valence-corrected chi connectivity index (χ3v) is 3.07. The van der Waals surface area contributed by atoms with Crippen molar-refractivity contribution >= 4 is 21.6 Å². The molecule has 0 aliphatic heterocycles. The van der Waals surface area contributed by atoms with Crippen LogP contribution >= 0.6 is 15.9 Å². The van der Waals surface area contributed by atoms with Crippen LogP contribution in [0.5, 0.6) is 11.5 Å². The van der Waals surface area contributed by atoms with Gasteiger partial charge in [-0.15, -0.1) is 0 Å². The highest BCUT2D eigenvalue weighted by Gasteiger charge is 2.18. The summed E-state index contributed by atoms with van der Waals surface area (Å²) in [6.07, 6.45) is 0. The second-order valence-corrected chi connectivity index (χ2v) is 4.98. The Kier molecular flexibility index (Phi) is 4.01. The normalized spacial score (nSPS) is 9.85. The Bertz CT molecular complexity index is 723. The molecule has 0 radical (unpaired) electrons. The van der Waals surface area contributed by atoms with Crippen molar-refractivity contribution in [3.05, 3.63) is 62.1 Å². The van der Waals surface area contributed by atoms with Crippen LogP contribution < -0.4 is 4.74 Å². The fraction of sp³-hybridized carbons (Fsp3) is 0.0714. The van der Waals surface area contributed by atoms with Crippen LogP contribution in [0.2, 0.25) is 0 Å². The molecule has 0 bridgehead atoms. The standard InChI is InChI=1S/C14H9BrN2O3/c1-9-3-2-4-13(14(9)17(18)19)20-12-6-10(8-16)5-11(15)7-12/h2-7H,1H3. The summed E-state index contributed by atoms with van der Waals surface area (Å²) in [5, 5.41) is 20.0. The van der Waals surface area contributed by atoms with Crippen molar-refractivity contribution < 1.29 is 9.66 Å². The van der Waals surface area contributed by atoms with Crippen molar-refractivity contribution in [2.24, 2.45) is 0 Å². The fourth-order valence-corrected chi connectivity index (χ4v) is 2.23. The highest BCUT2D eigenvalue weighted by Crippen LogP contribution is 2.34. The summed E-state index contributed by atoms with van der Waals surface area (Å²) in [5.41, 5.74) is 0.846. The van der Waals surface area contributed by atoms with Gasteiger partial charge in [-0.2, -0.15) is 5.26 Å². The minimum absolute atomic E-state index is 0.0778. The molecule has 2 aromatic rings. The van der Waals surface area contributed by atoms with Gasteiger partial charge >= 0.3 is 5.69 Å². The number of benzene rings is 2. The lowest BCUT2D eigenvalue weighted by molar-refractivity contribution is -0.386. The van der Waals surface area contributed by atoms with E-state index in [1.165, 1.54) is 12.1 Å². The van der Waals surface area contributed by atoms with Gasteiger partial charge in [-0.05, 0) is 31.2 Å². The van der Waals surface area contributed by atoms with Crippen LogP contribution in [-0.4, -0.2) is 4.92 Å². The zero-order chi connectivity index (χ0) is 14.7. The highest BCUT2D eigenvalue weighted by molar-refractivity contribution is 9.10.